The Bertz CT molecular complexity index is 502. The first-order chi connectivity index (χ1) is 15.5. The van der Waals surface area contributed by atoms with Crippen molar-refractivity contribution < 1.29 is 14.4 Å². The Morgan fingerprint density at radius 3 is 1.59 bits per heavy atom. The Labute approximate surface area is 195 Å². The third-order valence-corrected chi connectivity index (χ3v) is 5.71. The summed E-state index contributed by atoms with van der Waals surface area (Å²) in [7, 11) is 0. The highest BCUT2D eigenvalue weighted by molar-refractivity contribution is 5.91. The van der Waals surface area contributed by atoms with Gasteiger partial charge in [0, 0.05) is 6.42 Å². The van der Waals surface area contributed by atoms with E-state index in [0.717, 1.165) is 19.3 Å². The van der Waals surface area contributed by atoms with E-state index in [2.05, 4.69) is 17.6 Å². The second-order valence-electron chi connectivity index (χ2n) is 8.73. The van der Waals surface area contributed by atoms with Gasteiger partial charge in [0.25, 0.3) is 0 Å². The molecule has 0 rings (SSSR count). The summed E-state index contributed by atoms with van der Waals surface area (Å²) in [6.07, 6.45) is 15.8. The third kappa shape index (κ3) is 17.0. The molecule has 2 unspecified atom stereocenters. The zero-order chi connectivity index (χ0) is 24.0. The largest absolute Gasteiger partial charge is 0.368 e. The SMILES string of the molecule is CCCCCCCCCCCCCC(=O)NC(CCCN)C(=O)NC(CCCN)C(N)=O. The molecule has 8 heteroatoms. The van der Waals surface area contributed by atoms with E-state index in [-0.39, 0.29) is 5.91 Å². The van der Waals surface area contributed by atoms with Crippen molar-refractivity contribution in [2.75, 3.05) is 13.1 Å². The number of unbranched alkanes of at least 4 members (excludes halogenated alkanes) is 10. The minimum atomic E-state index is -0.782. The van der Waals surface area contributed by atoms with Crippen molar-refractivity contribution in [3.05, 3.63) is 0 Å². The van der Waals surface area contributed by atoms with E-state index < -0.39 is 23.9 Å². The molecule has 0 spiro atoms. The lowest BCUT2D eigenvalue weighted by molar-refractivity contribution is -0.131. The summed E-state index contributed by atoms with van der Waals surface area (Å²) in [4.78, 5) is 36.5. The second kappa shape index (κ2) is 21.2. The molecule has 0 saturated carbocycles. The Kier molecular flexibility index (Phi) is 20.1. The molecule has 0 aliphatic heterocycles. The van der Waals surface area contributed by atoms with Gasteiger partial charge in [0.2, 0.25) is 17.7 Å². The lowest BCUT2D eigenvalue weighted by atomic mass is 10.0. The molecule has 8 nitrogen and oxygen atoms in total. The molecule has 32 heavy (non-hydrogen) atoms. The highest BCUT2D eigenvalue weighted by atomic mass is 16.2. The molecule has 0 aliphatic carbocycles. The van der Waals surface area contributed by atoms with Crippen LogP contribution in [0.25, 0.3) is 0 Å². The van der Waals surface area contributed by atoms with E-state index in [1.165, 1.54) is 51.4 Å². The van der Waals surface area contributed by atoms with Crippen molar-refractivity contribution in [2.45, 2.75) is 122 Å². The predicted octanol–water partition coefficient (Wildman–Crippen LogP) is 2.62. The van der Waals surface area contributed by atoms with Crippen molar-refractivity contribution in [1.82, 2.24) is 10.6 Å². The summed E-state index contributed by atoms with van der Waals surface area (Å²) in [5, 5.41) is 5.46. The lowest BCUT2D eigenvalue weighted by Crippen LogP contribution is -2.53. The number of hydrogen-bond acceptors (Lipinski definition) is 5. The molecule has 0 radical (unpaired) electrons. The molecule has 188 valence electrons. The number of carbonyl (C=O) groups excluding carboxylic acids is 3. The Balaban J connectivity index is 4.18. The first kappa shape index (κ1) is 30.3. The maximum Gasteiger partial charge on any atom is 0.243 e. The van der Waals surface area contributed by atoms with E-state index in [4.69, 9.17) is 17.2 Å². The van der Waals surface area contributed by atoms with Gasteiger partial charge < -0.3 is 27.8 Å². The van der Waals surface area contributed by atoms with Gasteiger partial charge >= 0.3 is 0 Å². The standard InChI is InChI=1S/C24H49N5O3/c1-2-3-4-5-6-7-8-9-10-11-12-17-22(30)28-21(16-14-19-26)24(32)29-20(23(27)31)15-13-18-25/h20-21H,2-19,25-26H2,1H3,(H2,27,31)(H,28,30)(H,29,32). The van der Waals surface area contributed by atoms with Gasteiger partial charge in [0.15, 0.2) is 0 Å². The molecule has 0 fully saturated rings. The fourth-order valence-corrected chi connectivity index (χ4v) is 3.69. The normalized spacial score (nSPS) is 12.8. The highest BCUT2D eigenvalue weighted by Crippen LogP contribution is 2.12. The summed E-state index contributed by atoms with van der Waals surface area (Å²) >= 11 is 0. The maximum absolute atomic E-state index is 12.6. The molecule has 0 aliphatic rings. The summed E-state index contributed by atoms with van der Waals surface area (Å²) in [5.74, 6) is -1.14. The van der Waals surface area contributed by atoms with E-state index in [9.17, 15) is 14.4 Å². The summed E-state index contributed by atoms with van der Waals surface area (Å²) < 4.78 is 0. The minimum absolute atomic E-state index is 0.143. The maximum atomic E-state index is 12.6. The molecule has 0 bridgehead atoms. The van der Waals surface area contributed by atoms with Crippen molar-refractivity contribution in [1.29, 1.82) is 0 Å². The molecule has 0 heterocycles. The van der Waals surface area contributed by atoms with Crippen LogP contribution in [-0.4, -0.2) is 42.9 Å². The molecular formula is C24H49N5O3. The van der Waals surface area contributed by atoms with E-state index in [0.29, 0.717) is 45.2 Å². The first-order valence-electron chi connectivity index (χ1n) is 12.7. The number of carbonyl (C=O) groups is 3. The van der Waals surface area contributed by atoms with Gasteiger partial charge in [-0.1, -0.05) is 71.1 Å². The molecule has 2 atom stereocenters. The van der Waals surface area contributed by atoms with E-state index in [1.54, 1.807) is 0 Å². The molecule has 0 aromatic rings. The fourth-order valence-electron chi connectivity index (χ4n) is 3.69. The van der Waals surface area contributed by atoms with Crippen molar-refractivity contribution >= 4 is 17.7 Å². The molecule has 3 amide bonds. The van der Waals surface area contributed by atoms with Crippen LogP contribution in [0.5, 0.6) is 0 Å². The molecule has 0 aromatic carbocycles. The predicted molar refractivity (Wildman–Crippen MR) is 131 cm³/mol. The first-order valence-corrected chi connectivity index (χ1v) is 12.7. The number of nitrogens with one attached hydrogen (secondary N) is 2. The Morgan fingerprint density at radius 2 is 1.12 bits per heavy atom. The van der Waals surface area contributed by atoms with Gasteiger partial charge in [-0.25, -0.2) is 0 Å². The summed E-state index contributed by atoms with van der Waals surface area (Å²) in [6.45, 7) is 3.07. The molecule has 0 aromatic heterocycles. The monoisotopic (exact) mass is 455 g/mol. The van der Waals surface area contributed by atoms with Gasteiger partial charge in [0.1, 0.15) is 12.1 Å². The van der Waals surface area contributed by atoms with Crippen LogP contribution in [0.1, 0.15) is 110 Å². The van der Waals surface area contributed by atoms with E-state index >= 15 is 0 Å². The average Bonchev–Trinajstić information content (AvgIpc) is 2.77. The van der Waals surface area contributed by atoms with Gasteiger partial charge in [-0.15, -0.1) is 0 Å². The quantitative estimate of drug-likeness (QED) is 0.159. The van der Waals surface area contributed by atoms with Crippen molar-refractivity contribution in [3.63, 3.8) is 0 Å². The average molecular weight is 456 g/mol. The van der Waals surface area contributed by atoms with Gasteiger partial charge in [-0.3, -0.25) is 14.4 Å². The van der Waals surface area contributed by atoms with Gasteiger partial charge in [0.05, 0.1) is 0 Å². The molecule has 0 saturated heterocycles. The van der Waals surface area contributed by atoms with Crippen LogP contribution in [0.4, 0.5) is 0 Å². The zero-order valence-electron chi connectivity index (χ0n) is 20.3. The summed E-state index contributed by atoms with van der Waals surface area (Å²) in [6, 6.07) is -1.49. The number of hydrogen-bond donors (Lipinski definition) is 5. The second-order valence-corrected chi connectivity index (χ2v) is 8.73. The zero-order valence-corrected chi connectivity index (χ0v) is 20.3. The number of rotatable bonds is 22. The summed E-state index contributed by atoms with van der Waals surface area (Å²) in [5.41, 5.74) is 16.4. The lowest BCUT2D eigenvalue weighted by Gasteiger charge is -2.22. The van der Waals surface area contributed by atoms with Crippen LogP contribution >= 0.6 is 0 Å². The van der Waals surface area contributed by atoms with Gasteiger partial charge in [-0.2, -0.15) is 0 Å². The number of primary amides is 1. The Morgan fingerprint density at radius 1 is 0.656 bits per heavy atom. The van der Waals surface area contributed by atoms with Crippen LogP contribution < -0.4 is 27.8 Å². The number of nitrogens with two attached hydrogens (primary N) is 3. The van der Waals surface area contributed by atoms with Crippen LogP contribution in [0.2, 0.25) is 0 Å². The minimum Gasteiger partial charge on any atom is -0.368 e. The molecule has 8 N–H and O–H groups in total. The number of amides is 3. The topological polar surface area (TPSA) is 153 Å². The van der Waals surface area contributed by atoms with E-state index in [1.807, 2.05) is 0 Å². The highest BCUT2D eigenvalue weighted by Gasteiger charge is 2.24. The fraction of sp³-hybridized carbons (Fsp3) is 0.875. The Hall–Kier alpha value is -1.67. The van der Waals surface area contributed by atoms with Crippen LogP contribution in [-0.2, 0) is 14.4 Å². The van der Waals surface area contributed by atoms with Crippen LogP contribution in [0, 0.1) is 0 Å². The smallest absolute Gasteiger partial charge is 0.243 e. The van der Waals surface area contributed by atoms with Crippen molar-refractivity contribution in [3.8, 4) is 0 Å². The van der Waals surface area contributed by atoms with Crippen LogP contribution in [0.3, 0.4) is 0 Å². The third-order valence-electron chi connectivity index (χ3n) is 5.71. The van der Waals surface area contributed by atoms with Gasteiger partial charge in [-0.05, 0) is 45.2 Å². The van der Waals surface area contributed by atoms with Crippen molar-refractivity contribution in [2.24, 2.45) is 17.2 Å². The molecular weight excluding hydrogens is 406 g/mol. The van der Waals surface area contributed by atoms with Crippen LogP contribution in [0.15, 0.2) is 0 Å².